The molecule has 2 aromatic carbocycles. The second kappa shape index (κ2) is 11.7. The molecule has 0 aliphatic carbocycles. The third kappa shape index (κ3) is 6.00. The molecule has 1 amide bonds. The molecule has 1 aliphatic rings. The van der Waals surface area contributed by atoms with E-state index in [1.807, 2.05) is 62.9 Å². The maximum Gasteiger partial charge on any atom is 0.223 e. The first kappa shape index (κ1) is 23.0. The van der Waals surface area contributed by atoms with E-state index < -0.39 is 0 Å². The number of benzene rings is 2. The van der Waals surface area contributed by atoms with Crippen LogP contribution in [0.1, 0.15) is 65.9 Å². The van der Waals surface area contributed by atoms with Gasteiger partial charge in [-0.25, -0.2) is 0 Å². The summed E-state index contributed by atoms with van der Waals surface area (Å²) < 4.78 is 5.93. The zero-order valence-corrected chi connectivity index (χ0v) is 18.1. The summed E-state index contributed by atoms with van der Waals surface area (Å²) >= 11 is 6.00. The van der Waals surface area contributed by atoms with Crippen molar-refractivity contribution < 1.29 is 9.53 Å². The fourth-order valence-electron chi connectivity index (χ4n) is 3.15. The Kier molecular flexibility index (Phi) is 9.95. The molecule has 1 unspecified atom stereocenters. The third-order valence-electron chi connectivity index (χ3n) is 4.34. The van der Waals surface area contributed by atoms with Crippen LogP contribution in [0.3, 0.4) is 0 Å². The standard InChI is InChI=1S/C19H20ClNO2.2C2H6/c1-3-14-9-10-21(13(2)22)19-8-7-17(12-18(14)19)23-16-6-4-5-15(20)11-16;2*1-2/h4-8,11-12,14H,3,9-10H2,1-2H3;2*1-2H3. The van der Waals surface area contributed by atoms with E-state index in [-0.39, 0.29) is 5.91 Å². The normalized spacial score (nSPS) is 14.8. The highest BCUT2D eigenvalue weighted by molar-refractivity contribution is 6.30. The Morgan fingerprint density at radius 1 is 1.11 bits per heavy atom. The van der Waals surface area contributed by atoms with Crippen molar-refractivity contribution in [2.24, 2.45) is 0 Å². The minimum Gasteiger partial charge on any atom is -0.457 e. The zero-order valence-electron chi connectivity index (χ0n) is 17.4. The SMILES string of the molecule is CC.CC.CCC1CCN(C(C)=O)c2ccc(Oc3cccc(Cl)c3)cc21. The summed E-state index contributed by atoms with van der Waals surface area (Å²) in [6.07, 6.45) is 2.04. The number of rotatable bonds is 3. The molecule has 0 fully saturated rings. The summed E-state index contributed by atoms with van der Waals surface area (Å²) in [6.45, 7) is 12.6. The van der Waals surface area contributed by atoms with Crippen LogP contribution in [0.25, 0.3) is 0 Å². The average Bonchev–Trinajstić information content (AvgIpc) is 2.70. The number of anilines is 1. The highest BCUT2D eigenvalue weighted by Gasteiger charge is 2.26. The summed E-state index contributed by atoms with van der Waals surface area (Å²) in [5.74, 6) is 2.03. The smallest absolute Gasteiger partial charge is 0.223 e. The maximum absolute atomic E-state index is 11.8. The molecule has 3 nitrogen and oxygen atoms in total. The number of nitrogens with zero attached hydrogens (tertiary/aromatic N) is 1. The lowest BCUT2D eigenvalue weighted by Gasteiger charge is -2.33. The van der Waals surface area contributed by atoms with Crippen molar-refractivity contribution in [1.29, 1.82) is 0 Å². The van der Waals surface area contributed by atoms with Crippen molar-refractivity contribution in [3.05, 3.63) is 53.1 Å². The molecule has 0 radical (unpaired) electrons. The van der Waals surface area contributed by atoms with Crippen molar-refractivity contribution in [1.82, 2.24) is 0 Å². The molecule has 0 aromatic heterocycles. The fraction of sp³-hybridized carbons (Fsp3) is 0.435. The third-order valence-corrected chi connectivity index (χ3v) is 4.57. The number of hydrogen-bond acceptors (Lipinski definition) is 2. The van der Waals surface area contributed by atoms with Crippen molar-refractivity contribution in [2.75, 3.05) is 11.4 Å². The van der Waals surface area contributed by atoms with Gasteiger partial charge >= 0.3 is 0 Å². The van der Waals surface area contributed by atoms with Gasteiger partial charge < -0.3 is 9.64 Å². The lowest BCUT2D eigenvalue weighted by atomic mass is 9.88. The summed E-state index contributed by atoms with van der Waals surface area (Å²) in [7, 11) is 0. The first-order valence-corrected chi connectivity index (χ1v) is 10.3. The molecule has 1 aliphatic heterocycles. The molecule has 1 atom stereocenters. The van der Waals surface area contributed by atoms with Crippen molar-refractivity contribution in [3.8, 4) is 11.5 Å². The van der Waals surface area contributed by atoms with Gasteiger partial charge in [0, 0.05) is 24.2 Å². The highest BCUT2D eigenvalue weighted by atomic mass is 35.5. The van der Waals surface area contributed by atoms with Crippen LogP contribution in [0.4, 0.5) is 5.69 Å². The molecule has 0 saturated carbocycles. The molecule has 1 heterocycles. The molecule has 0 N–H and O–H groups in total. The van der Waals surface area contributed by atoms with Crippen LogP contribution in [-0.4, -0.2) is 12.5 Å². The van der Waals surface area contributed by atoms with E-state index in [1.54, 1.807) is 13.0 Å². The van der Waals surface area contributed by atoms with Gasteiger partial charge in [-0.05, 0) is 60.7 Å². The summed E-state index contributed by atoms with van der Waals surface area (Å²) in [5, 5.41) is 0.648. The molecule has 0 bridgehead atoms. The van der Waals surface area contributed by atoms with E-state index in [0.717, 1.165) is 30.8 Å². The summed E-state index contributed by atoms with van der Waals surface area (Å²) in [5.41, 5.74) is 2.20. The van der Waals surface area contributed by atoms with Crippen LogP contribution in [-0.2, 0) is 4.79 Å². The summed E-state index contributed by atoms with van der Waals surface area (Å²) in [6, 6.07) is 13.3. The number of amides is 1. The topological polar surface area (TPSA) is 29.5 Å². The Morgan fingerprint density at radius 2 is 1.78 bits per heavy atom. The quantitative estimate of drug-likeness (QED) is 0.545. The van der Waals surface area contributed by atoms with Gasteiger partial charge in [0.2, 0.25) is 5.91 Å². The fourth-order valence-corrected chi connectivity index (χ4v) is 3.33. The van der Waals surface area contributed by atoms with Gasteiger partial charge in [0.15, 0.2) is 0 Å². The van der Waals surface area contributed by atoms with Crippen molar-refractivity contribution in [2.45, 2.75) is 60.3 Å². The lowest BCUT2D eigenvalue weighted by Crippen LogP contribution is -2.34. The van der Waals surface area contributed by atoms with Crippen LogP contribution in [0.15, 0.2) is 42.5 Å². The lowest BCUT2D eigenvalue weighted by molar-refractivity contribution is -0.116. The maximum atomic E-state index is 11.8. The Bertz CT molecular complexity index is 730. The monoisotopic (exact) mass is 389 g/mol. The number of carbonyl (C=O) groups excluding carboxylic acids is 1. The van der Waals surface area contributed by atoms with E-state index in [1.165, 1.54) is 5.56 Å². The molecule has 2 aromatic rings. The van der Waals surface area contributed by atoms with Crippen molar-refractivity contribution in [3.63, 3.8) is 0 Å². The Balaban J connectivity index is 0.000000855. The van der Waals surface area contributed by atoms with Gasteiger partial charge in [-0.2, -0.15) is 0 Å². The number of hydrogen-bond donors (Lipinski definition) is 0. The number of carbonyl (C=O) groups is 1. The van der Waals surface area contributed by atoms with E-state index in [0.29, 0.717) is 16.7 Å². The molecule has 3 rings (SSSR count). The van der Waals surface area contributed by atoms with Gasteiger partial charge in [0.05, 0.1) is 0 Å². The van der Waals surface area contributed by atoms with Crippen LogP contribution < -0.4 is 9.64 Å². The Labute approximate surface area is 169 Å². The number of fused-ring (bicyclic) bond motifs is 1. The Morgan fingerprint density at radius 3 is 2.37 bits per heavy atom. The zero-order chi connectivity index (χ0) is 20.4. The van der Waals surface area contributed by atoms with Gasteiger partial charge in [-0.15, -0.1) is 0 Å². The van der Waals surface area contributed by atoms with Crippen LogP contribution in [0.5, 0.6) is 11.5 Å². The van der Waals surface area contributed by atoms with E-state index >= 15 is 0 Å². The highest BCUT2D eigenvalue weighted by Crippen LogP contribution is 2.40. The van der Waals surface area contributed by atoms with E-state index in [4.69, 9.17) is 16.3 Å². The van der Waals surface area contributed by atoms with E-state index in [9.17, 15) is 4.79 Å². The molecule has 148 valence electrons. The summed E-state index contributed by atoms with van der Waals surface area (Å²) in [4.78, 5) is 13.7. The minimum absolute atomic E-state index is 0.0873. The van der Waals surface area contributed by atoms with Gasteiger partial charge in [-0.1, -0.05) is 52.3 Å². The molecule has 27 heavy (non-hydrogen) atoms. The second-order valence-corrected chi connectivity index (χ2v) is 6.28. The Hall–Kier alpha value is -2.00. The second-order valence-electron chi connectivity index (χ2n) is 5.84. The van der Waals surface area contributed by atoms with Gasteiger partial charge in [-0.3, -0.25) is 4.79 Å². The van der Waals surface area contributed by atoms with Crippen LogP contribution >= 0.6 is 11.6 Å². The molecular formula is C23H32ClNO2. The number of ether oxygens (including phenoxy) is 1. The molecule has 4 heteroatoms. The first-order chi connectivity index (χ1) is 13.1. The van der Waals surface area contributed by atoms with Gasteiger partial charge in [0.1, 0.15) is 11.5 Å². The number of halogens is 1. The predicted octanol–water partition coefficient (Wildman–Crippen LogP) is 7.43. The molecule has 0 spiro atoms. The van der Waals surface area contributed by atoms with Crippen LogP contribution in [0, 0.1) is 0 Å². The van der Waals surface area contributed by atoms with Gasteiger partial charge in [0.25, 0.3) is 0 Å². The molecule has 0 saturated heterocycles. The minimum atomic E-state index is 0.0873. The first-order valence-electron chi connectivity index (χ1n) is 9.94. The molecular weight excluding hydrogens is 358 g/mol. The average molecular weight is 390 g/mol. The van der Waals surface area contributed by atoms with Crippen molar-refractivity contribution >= 4 is 23.2 Å². The van der Waals surface area contributed by atoms with Crippen LogP contribution in [0.2, 0.25) is 5.02 Å². The largest absolute Gasteiger partial charge is 0.457 e. The predicted molar refractivity (Wildman–Crippen MR) is 116 cm³/mol. The van der Waals surface area contributed by atoms with E-state index in [2.05, 4.69) is 13.0 Å².